The van der Waals surface area contributed by atoms with E-state index in [2.05, 4.69) is 67.5 Å². The molecule has 0 amide bonds. The van der Waals surface area contributed by atoms with Gasteiger partial charge in [-0.05, 0) is 95.8 Å². The van der Waals surface area contributed by atoms with Crippen molar-refractivity contribution in [3.8, 4) is 0 Å². The molecule has 254 valence electrons. The van der Waals surface area contributed by atoms with E-state index in [1.165, 1.54) is 115 Å². The summed E-state index contributed by atoms with van der Waals surface area (Å²) in [5, 5.41) is 0. The summed E-state index contributed by atoms with van der Waals surface area (Å²) in [6.45, 7) is 22.7. The molecule has 2 nitrogen and oxygen atoms in total. The lowest BCUT2D eigenvalue weighted by atomic mass is 9.90. The van der Waals surface area contributed by atoms with Crippen molar-refractivity contribution in [2.75, 3.05) is 7.11 Å². The lowest BCUT2D eigenvalue weighted by molar-refractivity contribution is -0.136. The molecule has 0 aliphatic carbocycles. The fraction of sp³-hybridized carbons (Fsp3) is 0.878. The average Bonchev–Trinajstić information content (AvgIpc) is 2.93. The van der Waals surface area contributed by atoms with Crippen LogP contribution in [-0.2, 0) is 9.53 Å². The van der Waals surface area contributed by atoms with Crippen LogP contribution in [0.4, 0.5) is 0 Å². The smallest absolute Gasteiger partial charge is 0.167 e. The van der Waals surface area contributed by atoms with Crippen molar-refractivity contribution in [2.45, 2.75) is 197 Å². The number of hydrogen-bond donors (Lipinski definition) is 0. The zero-order valence-corrected chi connectivity index (χ0v) is 31.3. The van der Waals surface area contributed by atoms with Gasteiger partial charge in [0.2, 0.25) is 0 Å². The zero-order chi connectivity index (χ0) is 32.7. The SMILES string of the molecule is COC(C)(C)C(=O)C/C=C(\C)CCC[C@H](C)CC/C=C(\C)CCCCC(C)CCC[C@H](C)CCCC(C)CCCC(C)C. The summed E-state index contributed by atoms with van der Waals surface area (Å²) >= 11 is 0. The lowest BCUT2D eigenvalue weighted by Crippen LogP contribution is -2.33. The highest BCUT2D eigenvalue weighted by Crippen LogP contribution is 2.24. The van der Waals surface area contributed by atoms with Crippen molar-refractivity contribution in [3.63, 3.8) is 0 Å². The minimum Gasteiger partial charge on any atom is -0.371 e. The molecule has 4 atom stereocenters. The average molecular weight is 603 g/mol. The molecular weight excluding hydrogens is 524 g/mol. The number of ketones is 1. The summed E-state index contributed by atoms with van der Waals surface area (Å²) < 4.78 is 5.30. The van der Waals surface area contributed by atoms with Crippen molar-refractivity contribution in [1.82, 2.24) is 0 Å². The molecule has 0 spiro atoms. The predicted octanol–water partition coefficient (Wildman–Crippen LogP) is 13.5. The molecule has 0 aliphatic rings. The van der Waals surface area contributed by atoms with Crippen molar-refractivity contribution in [2.24, 2.45) is 29.6 Å². The first-order chi connectivity index (χ1) is 20.3. The van der Waals surface area contributed by atoms with E-state index in [-0.39, 0.29) is 5.78 Å². The summed E-state index contributed by atoms with van der Waals surface area (Å²) in [7, 11) is 1.61. The van der Waals surface area contributed by atoms with E-state index >= 15 is 0 Å². The normalized spacial score (nSPS) is 16.0. The summed E-state index contributed by atoms with van der Waals surface area (Å²) in [5.41, 5.74) is 2.24. The van der Waals surface area contributed by atoms with Crippen molar-refractivity contribution < 1.29 is 9.53 Å². The van der Waals surface area contributed by atoms with E-state index in [1.54, 1.807) is 12.7 Å². The van der Waals surface area contributed by atoms with Gasteiger partial charge in [0.25, 0.3) is 0 Å². The zero-order valence-electron chi connectivity index (χ0n) is 31.3. The Balaban J connectivity index is 3.86. The van der Waals surface area contributed by atoms with Crippen molar-refractivity contribution >= 4 is 5.78 Å². The van der Waals surface area contributed by atoms with Gasteiger partial charge < -0.3 is 4.74 Å². The van der Waals surface area contributed by atoms with Crippen LogP contribution >= 0.6 is 0 Å². The van der Waals surface area contributed by atoms with Gasteiger partial charge in [-0.1, -0.05) is 142 Å². The Morgan fingerprint density at radius 2 is 1.00 bits per heavy atom. The lowest BCUT2D eigenvalue weighted by Gasteiger charge is -2.20. The third-order valence-corrected chi connectivity index (χ3v) is 10.0. The molecule has 0 aromatic carbocycles. The largest absolute Gasteiger partial charge is 0.371 e. The molecule has 0 aromatic heterocycles. The van der Waals surface area contributed by atoms with E-state index in [1.807, 2.05) is 13.8 Å². The van der Waals surface area contributed by atoms with Crippen molar-refractivity contribution in [1.29, 1.82) is 0 Å². The maximum Gasteiger partial charge on any atom is 0.167 e. The Hall–Kier alpha value is -0.890. The van der Waals surface area contributed by atoms with E-state index in [0.29, 0.717) is 6.42 Å². The number of rotatable bonds is 28. The molecule has 0 radical (unpaired) electrons. The van der Waals surface area contributed by atoms with E-state index in [4.69, 9.17) is 4.74 Å². The molecule has 0 saturated carbocycles. The third-order valence-electron chi connectivity index (χ3n) is 10.0. The molecule has 2 heteroatoms. The first kappa shape index (κ1) is 42.1. The highest BCUT2D eigenvalue weighted by atomic mass is 16.5. The number of methoxy groups -OCH3 is 1. The summed E-state index contributed by atoms with van der Waals surface area (Å²) in [5.74, 6) is 4.48. The Bertz CT molecular complexity index is 743. The number of Topliss-reactive ketones (excluding diaryl/α,β-unsaturated/α-hetero) is 1. The highest BCUT2D eigenvalue weighted by Gasteiger charge is 2.25. The van der Waals surface area contributed by atoms with Crippen LogP contribution in [0.15, 0.2) is 23.3 Å². The number of ether oxygens (including phenoxy) is 1. The standard InChI is InChI=1S/C41H78O2/c1-33(2)19-14-22-36(5)25-17-28-37(6)26-15-23-34(3)20-12-13-21-35(4)24-16-27-38(7)29-18-30-39(8)31-32-40(42)41(9,10)43-11/h24,31,33-34,36-38H,12-23,25-30,32H2,1-11H3/b35-24+,39-31+/t34?,36?,37-,38+/m0/s1. The van der Waals surface area contributed by atoms with Crippen molar-refractivity contribution in [3.05, 3.63) is 23.3 Å². The fourth-order valence-electron chi connectivity index (χ4n) is 6.15. The summed E-state index contributed by atoms with van der Waals surface area (Å²) in [6, 6.07) is 0. The second-order valence-corrected chi connectivity index (χ2v) is 15.8. The van der Waals surface area contributed by atoms with Gasteiger partial charge in [0.15, 0.2) is 5.78 Å². The molecule has 0 heterocycles. The Morgan fingerprint density at radius 1 is 0.581 bits per heavy atom. The Labute approximate surface area is 271 Å². The Morgan fingerprint density at radius 3 is 1.51 bits per heavy atom. The van der Waals surface area contributed by atoms with Crippen LogP contribution in [0.2, 0.25) is 0 Å². The van der Waals surface area contributed by atoms with Gasteiger partial charge >= 0.3 is 0 Å². The van der Waals surface area contributed by atoms with Crippen LogP contribution in [0, 0.1) is 29.6 Å². The quantitative estimate of drug-likeness (QED) is 0.0657. The van der Waals surface area contributed by atoms with Crippen LogP contribution in [0.3, 0.4) is 0 Å². The molecule has 0 aliphatic heterocycles. The van der Waals surface area contributed by atoms with Gasteiger partial charge in [0, 0.05) is 13.5 Å². The molecule has 0 fully saturated rings. The van der Waals surface area contributed by atoms with Gasteiger partial charge in [0.1, 0.15) is 5.60 Å². The third kappa shape index (κ3) is 25.0. The van der Waals surface area contributed by atoms with Gasteiger partial charge in [0.05, 0.1) is 0 Å². The summed E-state index contributed by atoms with van der Waals surface area (Å²) in [6.07, 6.45) is 29.4. The molecule has 0 rings (SSSR count). The first-order valence-electron chi connectivity index (χ1n) is 18.7. The molecule has 0 N–H and O–H groups in total. The van der Waals surface area contributed by atoms with E-state index in [9.17, 15) is 4.79 Å². The number of carbonyl (C=O) groups excluding carboxylic acids is 1. The van der Waals surface area contributed by atoms with Crippen LogP contribution in [0.25, 0.3) is 0 Å². The molecule has 43 heavy (non-hydrogen) atoms. The molecule has 0 saturated heterocycles. The number of hydrogen-bond acceptors (Lipinski definition) is 2. The van der Waals surface area contributed by atoms with E-state index in [0.717, 1.165) is 36.0 Å². The monoisotopic (exact) mass is 603 g/mol. The maximum atomic E-state index is 12.2. The Kier molecular flexibility index (Phi) is 24.8. The second-order valence-electron chi connectivity index (χ2n) is 15.8. The molecule has 0 aromatic rings. The number of carbonyl (C=O) groups is 1. The van der Waals surface area contributed by atoms with Crippen LogP contribution in [0.5, 0.6) is 0 Å². The molecule has 2 unspecified atom stereocenters. The van der Waals surface area contributed by atoms with Gasteiger partial charge in [-0.25, -0.2) is 0 Å². The highest BCUT2D eigenvalue weighted by molar-refractivity contribution is 5.87. The topological polar surface area (TPSA) is 26.3 Å². The van der Waals surface area contributed by atoms with Gasteiger partial charge in [-0.2, -0.15) is 0 Å². The van der Waals surface area contributed by atoms with Crippen LogP contribution < -0.4 is 0 Å². The number of unbranched alkanes of at least 4 members (excludes halogenated alkanes) is 1. The van der Waals surface area contributed by atoms with E-state index < -0.39 is 5.60 Å². The second kappa shape index (κ2) is 25.3. The maximum absolute atomic E-state index is 12.2. The summed E-state index contributed by atoms with van der Waals surface area (Å²) in [4.78, 5) is 12.2. The predicted molar refractivity (Wildman–Crippen MR) is 193 cm³/mol. The minimum atomic E-state index is -0.682. The molecular formula is C41H78O2. The number of allylic oxidation sites excluding steroid dienone is 4. The minimum absolute atomic E-state index is 0.151. The van der Waals surface area contributed by atoms with Crippen LogP contribution in [-0.4, -0.2) is 18.5 Å². The molecule has 0 bridgehead atoms. The van der Waals surface area contributed by atoms with Gasteiger partial charge in [-0.3, -0.25) is 4.79 Å². The first-order valence-corrected chi connectivity index (χ1v) is 18.7. The van der Waals surface area contributed by atoms with Gasteiger partial charge in [-0.15, -0.1) is 0 Å². The fourth-order valence-corrected chi connectivity index (χ4v) is 6.15. The van der Waals surface area contributed by atoms with Crippen LogP contribution in [0.1, 0.15) is 191 Å².